The van der Waals surface area contributed by atoms with Crippen LogP contribution in [0, 0.1) is 11.6 Å². The molecule has 0 unspecified atom stereocenters. The van der Waals surface area contributed by atoms with Gasteiger partial charge in [0.2, 0.25) is 0 Å². The maximum atomic E-state index is 14.1. The summed E-state index contributed by atoms with van der Waals surface area (Å²) in [5, 5.41) is 0. The van der Waals surface area contributed by atoms with E-state index >= 15 is 0 Å². The Bertz CT molecular complexity index is 759. The molecule has 1 heterocycles. The maximum Gasteiger partial charge on any atom is 0.422 e. The molecule has 0 atom stereocenters. The molecule has 0 aliphatic carbocycles. The lowest BCUT2D eigenvalue weighted by atomic mass is 10.1. The van der Waals surface area contributed by atoms with Crippen LogP contribution >= 0.6 is 0 Å². The van der Waals surface area contributed by atoms with Gasteiger partial charge in [-0.25, -0.2) is 13.8 Å². The van der Waals surface area contributed by atoms with Crippen molar-refractivity contribution in [1.29, 1.82) is 0 Å². The Hall–Kier alpha value is -2.51. The molecule has 0 N–H and O–H groups in total. The second kappa shape index (κ2) is 6.94. The molecule has 3 nitrogen and oxygen atoms in total. The van der Waals surface area contributed by atoms with Crippen LogP contribution in [0.5, 0.6) is 5.75 Å². The number of rotatable bonds is 5. The van der Waals surface area contributed by atoms with Crippen LogP contribution < -0.4 is 4.74 Å². The summed E-state index contributed by atoms with van der Waals surface area (Å²) in [6.07, 6.45) is -4.17. The van der Waals surface area contributed by atoms with Gasteiger partial charge in [0.15, 0.2) is 12.9 Å². The molecule has 24 heavy (non-hydrogen) atoms. The number of aromatic nitrogens is 1. The molecule has 0 spiro atoms. The molecule has 2 aromatic rings. The van der Waals surface area contributed by atoms with Crippen LogP contribution in [0.4, 0.5) is 22.0 Å². The first-order valence-electron chi connectivity index (χ1n) is 6.89. The van der Waals surface area contributed by atoms with Gasteiger partial charge in [-0.3, -0.25) is 4.79 Å². The van der Waals surface area contributed by atoms with Gasteiger partial charge in [-0.05, 0) is 30.7 Å². The van der Waals surface area contributed by atoms with E-state index in [1.807, 2.05) is 0 Å². The minimum absolute atomic E-state index is 0.0278. The highest BCUT2D eigenvalue weighted by Gasteiger charge is 2.29. The average Bonchev–Trinajstić information content (AvgIpc) is 2.53. The van der Waals surface area contributed by atoms with Crippen LogP contribution in [-0.4, -0.2) is 24.1 Å². The lowest BCUT2D eigenvalue weighted by Crippen LogP contribution is -2.19. The Morgan fingerprint density at radius 1 is 1.17 bits per heavy atom. The van der Waals surface area contributed by atoms with Crippen molar-refractivity contribution >= 4 is 6.29 Å². The zero-order valence-electron chi connectivity index (χ0n) is 12.5. The Morgan fingerprint density at radius 3 is 2.46 bits per heavy atom. The fraction of sp³-hybridized carbons (Fsp3) is 0.250. The van der Waals surface area contributed by atoms with Crippen molar-refractivity contribution in [3.05, 3.63) is 47.2 Å². The summed E-state index contributed by atoms with van der Waals surface area (Å²) < 4.78 is 69.0. The predicted molar refractivity (Wildman–Crippen MR) is 75.9 cm³/mol. The van der Waals surface area contributed by atoms with Crippen molar-refractivity contribution in [3.63, 3.8) is 0 Å². The summed E-state index contributed by atoms with van der Waals surface area (Å²) in [5.41, 5.74) is -0.435. The fourth-order valence-corrected chi connectivity index (χ4v) is 2.02. The van der Waals surface area contributed by atoms with Crippen molar-refractivity contribution < 1.29 is 31.5 Å². The highest BCUT2D eigenvalue weighted by Crippen LogP contribution is 2.30. The van der Waals surface area contributed by atoms with Gasteiger partial charge in [0.1, 0.15) is 17.4 Å². The van der Waals surface area contributed by atoms with Crippen LogP contribution in [-0.2, 0) is 6.42 Å². The number of halogens is 5. The Kier molecular flexibility index (Phi) is 5.16. The van der Waals surface area contributed by atoms with Crippen LogP contribution in [0.2, 0.25) is 0 Å². The molecular formula is C16H12F5NO2. The molecule has 0 saturated carbocycles. The SMILES string of the molecule is CCc1nc(-c2cc(OCC(F)(F)F)c(C=O)cc2F)ccc1F. The van der Waals surface area contributed by atoms with E-state index in [2.05, 4.69) is 9.72 Å². The summed E-state index contributed by atoms with van der Waals surface area (Å²) in [6, 6.07) is 3.99. The van der Waals surface area contributed by atoms with Crippen LogP contribution in [0.25, 0.3) is 11.3 Å². The van der Waals surface area contributed by atoms with Crippen LogP contribution in [0.3, 0.4) is 0 Å². The number of aryl methyl sites for hydroxylation is 1. The molecule has 0 amide bonds. The largest absolute Gasteiger partial charge is 0.483 e. The number of alkyl halides is 3. The van der Waals surface area contributed by atoms with Gasteiger partial charge in [0.05, 0.1) is 17.0 Å². The number of aldehydes is 1. The molecule has 0 saturated heterocycles. The van der Waals surface area contributed by atoms with E-state index in [-0.39, 0.29) is 35.2 Å². The van der Waals surface area contributed by atoms with Crippen LogP contribution in [0.1, 0.15) is 23.0 Å². The van der Waals surface area contributed by atoms with E-state index < -0.39 is 30.2 Å². The molecule has 0 fully saturated rings. The smallest absolute Gasteiger partial charge is 0.422 e. The van der Waals surface area contributed by atoms with Gasteiger partial charge in [-0.2, -0.15) is 13.2 Å². The molecule has 0 aliphatic rings. The van der Waals surface area contributed by atoms with Crippen molar-refractivity contribution in [2.75, 3.05) is 6.61 Å². The minimum Gasteiger partial charge on any atom is -0.483 e. The Morgan fingerprint density at radius 2 is 1.88 bits per heavy atom. The van der Waals surface area contributed by atoms with Gasteiger partial charge < -0.3 is 4.74 Å². The summed E-state index contributed by atoms with van der Waals surface area (Å²) in [5.74, 6) is -1.87. The molecule has 1 aromatic carbocycles. The van der Waals surface area contributed by atoms with Crippen LogP contribution in [0.15, 0.2) is 24.3 Å². The molecule has 1 aromatic heterocycles. The van der Waals surface area contributed by atoms with E-state index in [0.29, 0.717) is 0 Å². The number of benzene rings is 1. The molecule has 0 radical (unpaired) electrons. The standard InChI is InChI=1S/C16H12F5NO2/c1-2-13-11(17)3-4-14(22-13)10-6-15(24-8-16(19,20)21)9(7-23)5-12(10)18/h3-7H,2,8H2,1H3. The van der Waals surface area contributed by atoms with E-state index in [1.54, 1.807) is 6.92 Å². The zero-order chi connectivity index (χ0) is 17.9. The van der Waals surface area contributed by atoms with E-state index in [9.17, 15) is 26.7 Å². The molecule has 128 valence electrons. The predicted octanol–water partition coefficient (Wildman–Crippen LogP) is 4.34. The van der Waals surface area contributed by atoms with E-state index in [4.69, 9.17) is 0 Å². The number of hydrogen-bond acceptors (Lipinski definition) is 3. The second-order valence-electron chi connectivity index (χ2n) is 4.87. The van der Waals surface area contributed by atoms with Gasteiger partial charge in [0, 0.05) is 5.56 Å². The minimum atomic E-state index is -4.61. The van der Waals surface area contributed by atoms with E-state index in [1.165, 1.54) is 6.07 Å². The maximum absolute atomic E-state index is 14.1. The molecule has 2 rings (SSSR count). The van der Waals surface area contributed by atoms with Crippen molar-refractivity contribution in [1.82, 2.24) is 4.98 Å². The lowest BCUT2D eigenvalue weighted by Gasteiger charge is -2.13. The number of pyridine rings is 1. The lowest BCUT2D eigenvalue weighted by molar-refractivity contribution is -0.153. The van der Waals surface area contributed by atoms with Gasteiger partial charge in [0.25, 0.3) is 0 Å². The fourth-order valence-electron chi connectivity index (χ4n) is 2.02. The third-order valence-electron chi connectivity index (χ3n) is 3.15. The molecular weight excluding hydrogens is 333 g/mol. The third kappa shape index (κ3) is 4.06. The second-order valence-corrected chi connectivity index (χ2v) is 4.87. The Labute approximate surface area is 134 Å². The number of hydrogen-bond donors (Lipinski definition) is 0. The number of carbonyl (C=O) groups excluding carboxylic acids is 1. The molecule has 8 heteroatoms. The Balaban J connectivity index is 2.48. The highest BCUT2D eigenvalue weighted by molar-refractivity contribution is 5.81. The van der Waals surface area contributed by atoms with Gasteiger partial charge >= 0.3 is 6.18 Å². The number of ether oxygens (including phenoxy) is 1. The summed E-state index contributed by atoms with van der Waals surface area (Å²) >= 11 is 0. The monoisotopic (exact) mass is 345 g/mol. The first-order valence-corrected chi connectivity index (χ1v) is 6.89. The average molecular weight is 345 g/mol. The summed E-state index contributed by atoms with van der Waals surface area (Å²) in [6.45, 7) is 0.0227. The zero-order valence-corrected chi connectivity index (χ0v) is 12.5. The van der Waals surface area contributed by atoms with Crippen molar-refractivity contribution in [3.8, 4) is 17.0 Å². The quantitative estimate of drug-likeness (QED) is 0.598. The topological polar surface area (TPSA) is 39.2 Å². The summed E-state index contributed by atoms with van der Waals surface area (Å²) in [4.78, 5) is 14.9. The van der Waals surface area contributed by atoms with Crippen molar-refractivity contribution in [2.24, 2.45) is 0 Å². The number of nitrogens with zero attached hydrogens (tertiary/aromatic N) is 1. The van der Waals surface area contributed by atoms with Gasteiger partial charge in [-0.1, -0.05) is 6.92 Å². The molecule has 0 aliphatic heterocycles. The number of carbonyl (C=O) groups is 1. The summed E-state index contributed by atoms with van der Waals surface area (Å²) in [7, 11) is 0. The normalized spacial score (nSPS) is 11.4. The van der Waals surface area contributed by atoms with E-state index in [0.717, 1.165) is 18.2 Å². The first-order chi connectivity index (χ1) is 11.2. The van der Waals surface area contributed by atoms with Gasteiger partial charge in [-0.15, -0.1) is 0 Å². The third-order valence-corrected chi connectivity index (χ3v) is 3.15. The van der Waals surface area contributed by atoms with Crippen molar-refractivity contribution in [2.45, 2.75) is 19.5 Å². The molecule has 0 bridgehead atoms. The highest BCUT2D eigenvalue weighted by atomic mass is 19.4. The first kappa shape index (κ1) is 17.8.